The van der Waals surface area contributed by atoms with E-state index >= 15 is 0 Å². The van der Waals surface area contributed by atoms with Gasteiger partial charge in [0.25, 0.3) is 5.91 Å². The fourth-order valence-electron chi connectivity index (χ4n) is 4.70. The zero-order valence-electron chi connectivity index (χ0n) is 17.7. The lowest BCUT2D eigenvalue weighted by molar-refractivity contribution is -0.147. The van der Waals surface area contributed by atoms with E-state index in [1.807, 2.05) is 60.7 Å². The Bertz CT molecular complexity index is 1330. The molecule has 0 radical (unpaired) electrons. The van der Waals surface area contributed by atoms with E-state index in [2.05, 4.69) is 4.99 Å². The number of carbonyl (C=O) groups is 1. The lowest BCUT2D eigenvalue weighted by atomic mass is 9.72. The first kappa shape index (κ1) is 20.6. The molecule has 2 aliphatic heterocycles. The van der Waals surface area contributed by atoms with Crippen molar-refractivity contribution in [2.45, 2.75) is 18.1 Å². The molecule has 2 atom stereocenters. The Labute approximate surface area is 187 Å². The quantitative estimate of drug-likeness (QED) is 0.568. The Hall–Kier alpha value is -3.29. The van der Waals surface area contributed by atoms with Crippen molar-refractivity contribution in [2.24, 2.45) is 4.99 Å². The SMILES string of the molecule is COC1C(=O)N2c3ccccc3N=C(S(C)(=O)=O)CC12c1ccc(-c2ccccc2)cc1. The number of amides is 1. The first-order valence-electron chi connectivity index (χ1n) is 10.3. The predicted octanol–water partition coefficient (Wildman–Crippen LogP) is 4.09. The van der Waals surface area contributed by atoms with Crippen molar-refractivity contribution in [1.29, 1.82) is 0 Å². The summed E-state index contributed by atoms with van der Waals surface area (Å²) in [4.78, 5) is 19.3. The Balaban J connectivity index is 1.70. The van der Waals surface area contributed by atoms with Gasteiger partial charge in [-0.05, 0) is 28.8 Å². The predicted molar refractivity (Wildman–Crippen MR) is 125 cm³/mol. The van der Waals surface area contributed by atoms with Crippen LogP contribution in [0.25, 0.3) is 11.1 Å². The Kier molecular flexibility index (Phi) is 4.76. The van der Waals surface area contributed by atoms with Gasteiger partial charge in [-0.2, -0.15) is 0 Å². The standard InChI is InChI=1S/C25H22N2O4S/c1-31-23-24(28)27-21-11-7-6-10-20(21)26-22(32(2,29)30)16-25(23,27)19-14-12-18(13-15-19)17-8-4-3-5-9-17/h3-15,23H,16H2,1-2H3. The van der Waals surface area contributed by atoms with Gasteiger partial charge in [0.15, 0.2) is 15.9 Å². The van der Waals surface area contributed by atoms with Crippen molar-refractivity contribution in [2.75, 3.05) is 18.3 Å². The van der Waals surface area contributed by atoms with Gasteiger partial charge in [-0.3, -0.25) is 9.69 Å². The third-order valence-corrected chi connectivity index (χ3v) is 7.31. The van der Waals surface area contributed by atoms with E-state index in [0.29, 0.717) is 11.4 Å². The van der Waals surface area contributed by atoms with Crippen LogP contribution in [-0.2, 0) is 24.9 Å². The minimum Gasteiger partial charge on any atom is -0.369 e. The highest BCUT2D eigenvalue weighted by molar-refractivity contribution is 8.05. The van der Waals surface area contributed by atoms with Crippen molar-refractivity contribution in [1.82, 2.24) is 0 Å². The average molecular weight is 447 g/mol. The number of sulfone groups is 1. The first-order valence-corrected chi connectivity index (χ1v) is 12.1. The lowest BCUT2D eigenvalue weighted by Crippen LogP contribution is -2.73. The van der Waals surface area contributed by atoms with Crippen LogP contribution in [0.15, 0.2) is 83.9 Å². The van der Waals surface area contributed by atoms with Gasteiger partial charge in [-0.15, -0.1) is 0 Å². The average Bonchev–Trinajstić information content (AvgIpc) is 2.93. The molecule has 0 spiro atoms. The lowest BCUT2D eigenvalue weighted by Gasteiger charge is -2.56. The van der Waals surface area contributed by atoms with Gasteiger partial charge in [-0.25, -0.2) is 13.4 Å². The maximum Gasteiger partial charge on any atom is 0.259 e. The number of rotatable bonds is 3. The summed E-state index contributed by atoms with van der Waals surface area (Å²) in [7, 11) is -2.12. The Morgan fingerprint density at radius 1 is 0.938 bits per heavy atom. The van der Waals surface area contributed by atoms with Crippen molar-refractivity contribution in [3.8, 4) is 11.1 Å². The van der Waals surface area contributed by atoms with Crippen LogP contribution in [0.5, 0.6) is 0 Å². The van der Waals surface area contributed by atoms with Crippen molar-refractivity contribution >= 4 is 32.2 Å². The smallest absolute Gasteiger partial charge is 0.259 e. The van der Waals surface area contributed by atoms with Crippen molar-refractivity contribution in [3.05, 3.63) is 84.4 Å². The molecule has 0 aliphatic carbocycles. The van der Waals surface area contributed by atoms with Gasteiger partial charge >= 0.3 is 0 Å². The molecule has 2 aliphatic rings. The summed E-state index contributed by atoms with van der Waals surface area (Å²) in [5.41, 5.74) is 2.94. The molecule has 1 saturated heterocycles. The summed E-state index contributed by atoms with van der Waals surface area (Å²) in [6, 6.07) is 25.0. The van der Waals surface area contributed by atoms with Crippen LogP contribution >= 0.6 is 0 Å². The van der Waals surface area contributed by atoms with Gasteiger partial charge in [0.2, 0.25) is 0 Å². The number of anilines is 1. The zero-order chi connectivity index (χ0) is 22.5. The second kappa shape index (κ2) is 7.39. The van der Waals surface area contributed by atoms with Gasteiger partial charge in [-0.1, -0.05) is 66.7 Å². The molecule has 0 saturated carbocycles. The summed E-state index contributed by atoms with van der Waals surface area (Å²) in [6.07, 6.45) is 0.372. The summed E-state index contributed by atoms with van der Waals surface area (Å²) < 4.78 is 30.9. The highest BCUT2D eigenvalue weighted by Crippen LogP contribution is 2.53. The number of methoxy groups -OCH3 is 1. The Morgan fingerprint density at radius 3 is 2.22 bits per heavy atom. The molecule has 0 bridgehead atoms. The molecule has 162 valence electrons. The molecular weight excluding hydrogens is 424 g/mol. The van der Waals surface area contributed by atoms with E-state index < -0.39 is 21.5 Å². The summed E-state index contributed by atoms with van der Waals surface area (Å²) in [6.45, 7) is 0. The highest BCUT2D eigenvalue weighted by atomic mass is 32.2. The molecule has 2 heterocycles. The van der Waals surface area contributed by atoms with Crippen molar-refractivity contribution in [3.63, 3.8) is 0 Å². The largest absolute Gasteiger partial charge is 0.369 e. The number of hydrogen-bond acceptors (Lipinski definition) is 5. The topological polar surface area (TPSA) is 76.0 Å². The number of nitrogens with zero attached hydrogens (tertiary/aromatic N) is 2. The van der Waals surface area contributed by atoms with E-state index in [1.54, 1.807) is 23.1 Å². The van der Waals surface area contributed by atoms with E-state index in [4.69, 9.17) is 4.74 Å². The number of benzene rings is 3. The molecular formula is C25H22N2O4S. The van der Waals surface area contributed by atoms with Crippen LogP contribution in [0.3, 0.4) is 0 Å². The van der Waals surface area contributed by atoms with Crippen molar-refractivity contribution < 1.29 is 17.9 Å². The van der Waals surface area contributed by atoms with E-state index in [9.17, 15) is 13.2 Å². The monoisotopic (exact) mass is 446 g/mol. The molecule has 1 amide bonds. The van der Waals surface area contributed by atoms with E-state index in [1.165, 1.54) is 7.11 Å². The number of fused-ring (bicyclic) bond motifs is 3. The molecule has 6 nitrogen and oxygen atoms in total. The summed E-state index contributed by atoms with van der Waals surface area (Å²) >= 11 is 0. The highest BCUT2D eigenvalue weighted by Gasteiger charge is 2.64. The van der Waals surface area contributed by atoms with Gasteiger partial charge in [0.05, 0.1) is 11.4 Å². The van der Waals surface area contributed by atoms with E-state index in [0.717, 1.165) is 22.9 Å². The molecule has 3 aromatic rings. The fourth-order valence-corrected chi connectivity index (χ4v) is 5.45. The zero-order valence-corrected chi connectivity index (χ0v) is 18.5. The van der Waals surface area contributed by atoms with Crippen LogP contribution in [0, 0.1) is 0 Å². The van der Waals surface area contributed by atoms with Crippen LogP contribution in [0.2, 0.25) is 0 Å². The van der Waals surface area contributed by atoms with Crippen LogP contribution in [0.4, 0.5) is 11.4 Å². The maximum atomic E-state index is 13.2. The third-order valence-electron chi connectivity index (χ3n) is 6.22. The first-order chi connectivity index (χ1) is 15.4. The number of para-hydroxylation sites is 2. The van der Waals surface area contributed by atoms with Gasteiger partial charge in [0.1, 0.15) is 10.6 Å². The third kappa shape index (κ3) is 3.00. The maximum absolute atomic E-state index is 13.2. The second-order valence-electron chi connectivity index (χ2n) is 8.10. The molecule has 32 heavy (non-hydrogen) atoms. The molecule has 5 rings (SSSR count). The number of β-lactam (4-membered cyclic amide) rings is 1. The van der Waals surface area contributed by atoms with Gasteiger partial charge < -0.3 is 4.74 Å². The normalized spacial score (nSPS) is 22.3. The van der Waals surface area contributed by atoms with Crippen LogP contribution in [0.1, 0.15) is 12.0 Å². The van der Waals surface area contributed by atoms with Crippen LogP contribution < -0.4 is 4.90 Å². The minimum absolute atomic E-state index is 0.0362. The second-order valence-corrected chi connectivity index (χ2v) is 10.1. The number of hydrogen-bond donors (Lipinski definition) is 0. The number of aliphatic imine (C=N–C) groups is 1. The number of ether oxygens (including phenoxy) is 1. The molecule has 3 aromatic carbocycles. The minimum atomic E-state index is -3.60. The molecule has 0 aromatic heterocycles. The van der Waals surface area contributed by atoms with E-state index in [-0.39, 0.29) is 17.4 Å². The van der Waals surface area contributed by atoms with Crippen LogP contribution in [-0.4, -0.2) is 38.8 Å². The summed E-state index contributed by atoms with van der Waals surface area (Å²) in [5.74, 6) is -0.211. The molecule has 7 heteroatoms. The van der Waals surface area contributed by atoms with Gasteiger partial charge in [0, 0.05) is 19.8 Å². The Morgan fingerprint density at radius 2 is 1.56 bits per heavy atom. The molecule has 0 N–H and O–H groups in total. The molecule has 1 fully saturated rings. The number of carbonyl (C=O) groups excluding carboxylic acids is 1. The summed E-state index contributed by atoms with van der Waals surface area (Å²) in [5, 5.41) is 0.0362. The molecule has 2 unspecified atom stereocenters. The fraction of sp³-hybridized carbons (Fsp3) is 0.200.